The minimum absolute atomic E-state index is 0.0116. The third-order valence-corrected chi connectivity index (χ3v) is 4.73. The molecule has 134 valence electrons. The van der Waals surface area contributed by atoms with Crippen molar-refractivity contribution in [2.24, 2.45) is 0 Å². The molecule has 3 rings (SSSR count). The minimum atomic E-state index is -0.0116. The van der Waals surface area contributed by atoms with Gasteiger partial charge in [0.15, 0.2) is 0 Å². The average molecular weight is 372 g/mol. The van der Waals surface area contributed by atoms with E-state index in [-0.39, 0.29) is 5.91 Å². The molecule has 0 unspecified atom stereocenters. The second kappa shape index (κ2) is 9.61. The fourth-order valence-corrected chi connectivity index (χ4v) is 3.28. The smallest absolute Gasteiger partial charge is 0.234 e. The van der Waals surface area contributed by atoms with Crippen molar-refractivity contribution in [3.8, 4) is 11.8 Å². The average Bonchev–Trinajstić information content (AvgIpc) is 2.68. The summed E-state index contributed by atoms with van der Waals surface area (Å²) in [6, 6.07) is 21.5. The number of thioether (sulfide) groups is 1. The van der Waals surface area contributed by atoms with Gasteiger partial charge in [-0.1, -0.05) is 47.9 Å². The summed E-state index contributed by atoms with van der Waals surface area (Å²) in [5.41, 5.74) is 4.79. The van der Waals surface area contributed by atoms with Crippen molar-refractivity contribution in [3.05, 3.63) is 95.3 Å². The first-order chi connectivity index (χ1) is 13.2. The molecule has 4 heteroatoms. The highest BCUT2D eigenvalue weighted by atomic mass is 32.2. The van der Waals surface area contributed by atoms with Crippen LogP contribution in [0.15, 0.2) is 72.9 Å². The lowest BCUT2D eigenvalue weighted by Gasteiger charge is -2.06. The van der Waals surface area contributed by atoms with Gasteiger partial charge in [-0.2, -0.15) is 0 Å². The van der Waals surface area contributed by atoms with Crippen molar-refractivity contribution in [1.82, 2.24) is 4.98 Å². The molecule has 2 aromatic carbocycles. The molecule has 0 aliphatic heterocycles. The monoisotopic (exact) mass is 372 g/mol. The molecule has 0 saturated heterocycles. The van der Waals surface area contributed by atoms with Crippen LogP contribution in [0.5, 0.6) is 0 Å². The Hall–Kier alpha value is -3.03. The fraction of sp³-hybridized carbons (Fsp3) is 0.130. The van der Waals surface area contributed by atoms with Crippen LogP contribution in [0.4, 0.5) is 5.69 Å². The van der Waals surface area contributed by atoms with Crippen LogP contribution in [-0.2, 0) is 10.5 Å². The molecular formula is C23H20N2OS. The standard InChI is InChI=1S/C23H20N2OS/c1-18-6-4-8-20(14-18)16-27-17-23(26)25-22-10-5-7-19(15-22)11-12-21-9-2-3-13-24-21/h2-10,13-15H,16-17H2,1H3,(H,25,26). The SMILES string of the molecule is Cc1cccc(CSCC(=O)Nc2cccc(C#Cc3ccccn3)c2)c1. The van der Waals surface area contributed by atoms with E-state index in [1.54, 1.807) is 18.0 Å². The van der Waals surface area contributed by atoms with Gasteiger partial charge in [-0.3, -0.25) is 4.79 Å². The largest absolute Gasteiger partial charge is 0.325 e. The number of aromatic nitrogens is 1. The molecule has 0 saturated carbocycles. The van der Waals surface area contributed by atoms with E-state index >= 15 is 0 Å². The lowest BCUT2D eigenvalue weighted by molar-refractivity contribution is -0.113. The maximum Gasteiger partial charge on any atom is 0.234 e. The van der Waals surface area contributed by atoms with Crippen molar-refractivity contribution >= 4 is 23.4 Å². The quantitative estimate of drug-likeness (QED) is 0.662. The Morgan fingerprint density at radius 2 is 1.93 bits per heavy atom. The summed E-state index contributed by atoms with van der Waals surface area (Å²) in [5, 5.41) is 2.93. The number of aryl methyl sites for hydroxylation is 1. The molecule has 0 spiro atoms. The Labute approximate surface area is 164 Å². The van der Waals surface area contributed by atoms with E-state index in [4.69, 9.17) is 0 Å². The van der Waals surface area contributed by atoms with Gasteiger partial charge in [0, 0.05) is 23.2 Å². The summed E-state index contributed by atoms with van der Waals surface area (Å²) in [6.07, 6.45) is 1.72. The highest BCUT2D eigenvalue weighted by Crippen LogP contribution is 2.15. The zero-order valence-electron chi connectivity index (χ0n) is 15.1. The van der Waals surface area contributed by atoms with Crippen molar-refractivity contribution in [2.45, 2.75) is 12.7 Å². The van der Waals surface area contributed by atoms with E-state index < -0.39 is 0 Å². The number of carbonyl (C=O) groups excluding carboxylic acids is 1. The Morgan fingerprint density at radius 3 is 2.74 bits per heavy atom. The normalized spacial score (nSPS) is 9.96. The number of carbonyl (C=O) groups is 1. The zero-order valence-corrected chi connectivity index (χ0v) is 15.9. The molecule has 0 aliphatic carbocycles. The molecule has 27 heavy (non-hydrogen) atoms. The predicted molar refractivity (Wildman–Crippen MR) is 113 cm³/mol. The predicted octanol–water partition coefficient (Wildman–Crippen LogP) is 4.66. The third-order valence-electron chi connectivity index (χ3n) is 3.73. The molecule has 1 amide bonds. The van der Waals surface area contributed by atoms with Gasteiger partial charge >= 0.3 is 0 Å². The summed E-state index contributed by atoms with van der Waals surface area (Å²) < 4.78 is 0. The number of amides is 1. The van der Waals surface area contributed by atoms with Gasteiger partial charge in [0.05, 0.1) is 5.75 Å². The first-order valence-corrected chi connectivity index (χ1v) is 9.81. The molecule has 1 aromatic heterocycles. The minimum Gasteiger partial charge on any atom is -0.325 e. The van der Waals surface area contributed by atoms with E-state index in [9.17, 15) is 4.79 Å². The molecule has 0 radical (unpaired) electrons. The van der Waals surface area contributed by atoms with Gasteiger partial charge in [0.1, 0.15) is 5.69 Å². The molecule has 3 aromatic rings. The summed E-state index contributed by atoms with van der Waals surface area (Å²) in [4.78, 5) is 16.4. The highest BCUT2D eigenvalue weighted by molar-refractivity contribution is 7.99. The van der Waals surface area contributed by atoms with Crippen LogP contribution in [0.25, 0.3) is 0 Å². The number of pyridine rings is 1. The molecular weight excluding hydrogens is 352 g/mol. The number of anilines is 1. The Balaban J connectivity index is 1.53. The molecule has 3 nitrogen and oxygen atoms in total. The van der Waals surface area contributed by atoms with Gasteiger partial charge in [-0.05, 0) is 48.7 Å². The van der Waals surface area contributed by atoms with E-state index in [1.165, 1.54) is 11.1 Å². The highest BCUT2D eigenvalue weighted by Gasteiger charge is 2.04. The van der Waals surface area contributed by atoms with E-state index in [0.29, 0.717) is 5.75 Å². The zero-order chi connectivity index (χ0) is 18.9. The van der Waals surface area contributed by atoms with Crippen LogP contribution in [0.1, 0.15) is 22.4 Å². The maximum absolute atomic E-state index is 12.2. The van der Waals surface area contributed by atoms with Crippen molar-refractivity contribution in [1.29, 1.82) is 0 Å². The van der Waals surface area contributed by atoms with E-state index in [1.807, 2.05) is 48.5 Å². The number of rotatable bonds is 5. The topological polar surface area (TPSA) is 42.0 Å². The van der Waals surface area contributed by atoms with Crippen LogP contribution in [0, 0.1) is 18.8 Å². The number of nitrogens with zero attached hydrogens (tertiary/aromatic N) is 1. The van der Waals surface area contributed by atoms with Gasteiger partial charge < -0.3 is 5.32 Å². The van der Waals surface area contributed by atoms with Crippen LogP contribution in [-0.4, -0.2) is 16.6 Å². The van der Waals surface area contributed by atoms with Crippen LogP contribution in [0.3, 0.4) is 0 Å². The molecule has 1 heterocycles. The molecule has 0 atom stereocenters. The van der Waals surface area contributed by atoms with Crippen LogP contribution < -0.4 is 5.32 Å². The number of hydrogen-bond acceptors (Lipinski definition) is 3. The second-order valence-corrected chi connectivity index (χ2v) is 7.06. The van der Waals surface area contributed by atoms with Gasteiger partial charge in [0.2, 0.25) is 5.91 Å². The molecule has 0 bridgehead atoms. The van der Waals surface area contributed by atoms with E-state index in [2.05, 4.69) is 47.3 Å². The fourth-order valence-electron chi connectivity index (χ4n) is 2.51. The lowest BCUT2D eigenvalue weighted by atomic mass is 10.2. The third kappa shape index (κ3) is 6.32. The molecule has 1 N–H and O–H groups in total. The number of nitrogens with one attached hydrogen (secondary N) is 1. The molecule has 0 fully saturated rings. The van der Waals surface area contributed by atoms with Gasteiger partial charge in [-0.15, -0.1) is 11.8 Å². The Morgan fingerprint density at radius 1 is 1.04 bits per heavy atom. The summed E-state index contributed by atoms with van der Waals surface area (Å²) in [5.74, 6) is 7.32. The lowest BCUT2D eigenvalue weighted by Crippen LogP contribution is -2.14. The summed E-state index contributed by atoms with van der Waals surface area (Å²) >= 11 is 1.61. The first-order valence-electron chi connectivity index (χ1n) is 8.65. The van der Waals surface area contributed by atoms with Crippen LogP contribution in [0.2, 0.25) is 0 Å². The van der Waals surface area contributed by atoms with Crippen molar-refractivity contribution < 1.29 is 4.79 Å². The van der Waals surface area contributed by atoms with Gasteiger partial charge in [-0.25, -0.2) is 4.98 Å². The maximum atomic E-state index is 12.2. The number of hydrogen-bond donors (Lipinski definition) is 1. The Bertz CT molecular complexity index is 974. The van der Waals surface area contributed by atoms with E-state index in [0.717, 1.165) is 22.7 Å². The van der Waals surface area contributed by atoms with Crippen LogP contribution >= 0.6 is 11.8 Å². The number of benzene rings is 2. The summed E-state index contributed by atoms with van der Waals surface area (Å²) in [7, 11) is 0. The summed E-state index contributed by atoms with van der Waals surface area (Å²) in [6.45, 7) is 2.07. The van der Waals surface area contributed by atoms with Crippen molar-refractivity contribution in [3.63, 3.8) is 0 Å². The first kappa shape index (κ1) is 18.8. The molecule has 0 aliphatic rings. The van der Waals surface area contributed by atoms with Crippen molar-refractivity contribution in [2.75, 3.05) is 11.1 Å². The Kier molecular flexibility index (Phi) is 6.67. The second-order valence-electron chi connectivity index (χ2n) is 6.08. The van der Waals surface area contributed by atoms with Gasteiger partial charge in [0.25, 0.3) is 0 Å².